The van der Waals surface area contributed by atoms with Crippen LogP contribution in [-0.2, 0) is 0 Å². The monoisotopic (exact) mass is 733 g/mol. The quantitative estimate of drug-likeness (QED) is 0.171. The molecular formula is C51H31N3OS. The van der Waals surface area contributed by atoms with E-state index >= 15 is 0 Å². The van der Waals surface area contributed by atoms with E-state index in [1.54, 1.807) is 0 Å². The zero-order valence-electron chi connectivity index (χ0n) is 30.1. The average Bonchev–Trinajstić information content (AvgIpc) is 3.85. The third-order valence-electron chi connectivity index (χ3n) is 10.6. The third kappa shape index (κ3) is 5.56. The second-order valence-corrected chi connectivity index (χ2v) is 15.1. The first-order valence-electron chi connectivity index (χ1n) is 18.7. The van der Waals surface area contributed by atoms with Crippen molar-refractivity contribution in [3.05, 3.63) is 188 Å². The molecule has 0 saturated carbocycles. The normalized spacial score (nSPS) is 11.6. The number of hydrogen-bond acceptors (Lipinski definition) is 5. The van der Waals surface area contributed by atoms with Crippen LogP contribution < -0.4 is 0 Å². The molecule has 0 aliphatic heterocycles. The average molecular weight is 734 g/mol. The molecule has 4 heterocycles. The van der Waals surface area contributed by atoms with E-state index < -0.39 is 0 Å². The maximum atomic E-state index is 6.70. The predicted molar refractivity (Wildman–Crippen MR) is 233 cm³/mol. The molecule has 5 heteroatoms. The molecule has 11 rings (SSSR count). The van der Waals surface area contributed by atoms with Gasteiger partial charge in [-0.05, 0) is 65.2 Å². The van der Waals surface area contributed by atoms with E-state index in [4.69, 9.17) is 14.4 Å². The van der Waals surface area contributed by atoms with Crippen LogP contribution in [0.1, 0.15) is 0 Å². The minimum atomic E-state index is 0.673. The van der Waals surface area contributed by atoms with Crippen LogP contribution in [0.2, 0.25) is 0 Å². The molecule has 0 atom stereocenters. The molecule has 11 aromatic rings. The highest BCUT2D eigenvalue weighted by atomic mass is 32.1. The van der Waals surface area contributed by atoms with Crippen molar-refractivity contribution in [1.82, 2.24) is 15.0 Å². The van der Waals surface area contributed by atoms with E-state index in [2.05, 4.69) is 145 Å². The lowest BCUT2D eigenvalue weighted by atomic mass is 9.93. The van der Waals surface area contributed by atoms with Gasteiger partial charge in [-0.15, -0.1) is 11.3 Å². The molecule has 0 bridgehead atoms. The highest BCUT2D eigenvalue weighted by Gasteiger charge is 2.19. The highest BCUT2D eigenvalue weighted by Crippen LogP contribution is 2.44. The smallest absolute Gasteiger partial charge is 0.160 e. The van der Waals surface area contributed by atoms with Crippen LogP contribution in [0.3, 0.4) is 0 Å². The first-order chi connectivity index (χ1) is 27.7. The van der Waals surface area contributed by atoms with Gasteiger partial charge in [-0.1, -0.05) is 133 Å². The summed E-state index contributed by atoms with van der Waals surface area (Å²) < 4.78 is 9.29. The van der Waals surface area contributed by atoms with E-state index in [9.17, 15) is 0 Å². The van der Waals surface area contributed by atoms with Crippen molar-refractivity contribution >= 4 is 53.4 Å². The van der Waals surface area contributed by atoms with Crippen molar-refractivity contribution in [2.45, 2.75) is 0 Å². The van der Waals surface area contributed by atoms with Gasteiger partial charge in [0.15, 0.2) is 5.82 Å². The minimum absolute atomic E-state index is 0.673. The molecule has 0 spiro atoms. The molecule has 0 aliphatic rings. The highest BCUT2D eigenvalue weighted by molar-refractivity contribution is 7.25. The summed E-state index contributed by atoms with van der Waals surface area (Å²) in [6.45, 7) is 0. The maximum absolute atomic E-state index is 6.70. The van der Waals surface area contributed by atoms with Gasteiger partial charge in [0.1, 0.15) is 11.2 Å². The third-order valence-corrected chi connectivity index (χ3v) is 11.8. The Labute approximate surface area is 327 Å². The van der Waals surface area contributed by atoms with Gasteiger partial charge in [0.2, 0.25) is 0 Å². The lowest BCUT2D eigenvalue weighted by Crippen LogP contribution is -1.96. The minimum Gasteiger partial charge on any atom is -0.455 e. The summed E-state index contributed by atoms with van der Waals surface area (Å²) in [5.41, 5.74) is 13.0. The molecule has 0 N–H and O–H groups in total. The first kappa shape index (κ1) is 32.2. The molecular weight excluding hydrogens is 703 g/mol. The van der Waals surface area contributed by atoms with Crippen molar-refractivity contribution in [3.63, 3.8) is 0 Å². The summed E-state index contributed by atoms with van der Waals surface area (Å²) in [7, 11) is 0. The molecule has 0 radical (unpaired) electrons. The van der Waals surface area contributed by atoms with Crippen LogP contribution in [0.25, 0.3) is 110 Å². The number of hydrogen-bond donors (Lipinski definition) is 0. The van der Waals surface area contributed by atoms with Crippen LogP contribution in [0.15, 0.2) is 193 Å². The number of thiophene rings is 1. The summed E-state index contributed by atoms with van der Waals surface area (Å²) in [4.78, 5) is 14.7. The van der Waals surface area contributed by atoms with Gasteiger partial charge >= 0.3 is 0 Å². The molecule has 7 aromatic carbocycles. The molecule has 0 unspecified atom stereocenters. The molecule has 0 amide bonds. The largest absolute Gasteiger partial charge is 0.455 e. The topological polar surface area (TPSA) is 51.8 Å². The fraction of sp³-hybridized carbons (Fsp3) is 0. The van der Waals surface area contributed by atoms with E-state index in [1.165, 1.54) is 20.2 Å². The van der Waals surface area contributed by atoms with Crippen molar-refractivity contribution in [2.75, 3.05) is 0 Å². The van der Waals surface area contributed by atoms with Crippen LogP contribution in [0.4, 0.5) is 0 Å². The van der Waals surface area contributed by atoms with Crippen molar-refractivity contribution in [2.24, 2.45) is 0 Å². The van der Waals surface area contributed by atoms with Crippen LogP contribution in [0.5, 0.6) is 0 Å². The fourth-order valence-electron chi connectivity index (χ4n) is 7.81. The van der Waals surface area contributed by atoms with Crippen molar-refractivity contribution in [3.8, 4) is 67.4 Å². The van der Waals surface area contributed by atoms with Crippen LogP contribution in [-0.4, -0.2) is 15.0 Å². The summed E-state index contributed by atoms with van der Waals surface area (Å²) >= 11 is 1.84. The van der Waals surface area contributed by atoms with Gasteiger partial charge in [0.05, 0.1) is 17.1 Å². The Balaban J connectivity index is 1.01. The number of para-hydroxylation sites is 1. The van der Waals surface area contributed by atoms with Gasteiger partial charge < -0.3 is 4.42 Å². The number of furan rings is 1. The standard InChI is InChI=1S/C51H31N3OS/c1-2-10-33(11-3-1)44-31-45(35-21-19-34(20-22-35)43-14-8-9-29-52-43)54-51(53-44)36-23-17-32(18-24-36)38-26-27-39(50-49(38)41-13-4-6-15-46(41)55-50)37-25-28-48-42(30-37)40-12-5-7-16-47(40)56-48/h1-31H. The number of fused-ring (bicyclic) bond motifs is 6. The van der Waals surface area contributed by atoms with Gasteiger partial charge in [0, 0.05) is 65.0 Å². The fourth-order valence-corrected chi connectivity index (χ4v) is 8.90. The first-order valence-corrected chi connectivity index (χ1v) is 19.5. The van der Waals surface area contributed by atoms with Crippen molar-refractivity contribution < 1.29 is 4.42 Å². The molecule has 4 aromatic heterocycles. The van der Waals surface area contributed by atoms with Gasteiger partial charge in [0.25, 0.3) is 0 Å². The Morgan fingerprint density at radius 3 is 1.79 bits per heavy atom. The number of nitrogens with zero attached hydrogens (tertiary/aromatic N) is 3. The van der Waals surface area contributed by atoms with Crippen LogP contribution in [0, 0.1) is 0 Å². The molecule has 0 aliphatic carbocycles. The van der Waals surface area contributed by atoms with E-state index in [0.29, 0.717) is 5.82 Å². The maximum Gasteiger partial charge on any atom is 0.160 e. The number of pyridine rings is 1. The van der Waals surface area contributed by atoms with E-state index in [1.807, 2.05) is 60.0 Å². The summed E-state index contributed by atoms with van der Waals surface area (Å²) in [5, 5.41) is 4.77. The van der Waals surface area contributed by atoms with E-state index in [0.717, 1.165) is 83.5 Å². The molecule has 0 saturated heterocycles. The van der Waals surface area contributed by atoms with Gasteiger partial charge in [-0.3, -0.25) is 4.98 Å². The van der Waals surface area contributed by atoms with Crippen molar-refractivity contribution in [1.29, 1.82) is 0 Å². The lowest BCUT2D eigenvalue weighted by molar-refractivity contribution is 0.670. The Morgan fingerprint density at radius 2 is 1.00 bits per heavy atom. The molecule has 0 fully saturated rings. The summed E-state index contributed by atoms with van der Waals surface area (Å²) in [6, 6.07) is 63.6. The molecule has 56 heavy (non-hydrogen) atoms. The molecule has 4 nitrogen and oxygen atoms in total. The second kappa shape index (κ2) is 13.3. The Hall–Kier alpha value is -7.21. The number of aromatic nitrogens is 3. The van der Waals surface area contributed by atoms with Gasteiger partial charge in [-0.2, -0.15) is 0 Å². The Bertz CT molecular complexity index is 3220. The van der Waals surface area contributed by atoms with Gasteiger partial charge in [-0.25, -0.2) is 9.97 Å². The zero-order chi connectivity index (χ0) is 37.0. The predicted octanol–water partition coefficient (Wildman–Crippen LogP) is 14.1. The SMILES string of the molecule is c1ccc(-c2cc(-c3ccc(-c4ccccn4)cc3)nc(-c3ccc(-c4ccc(-c5ccc6sc7ccccc7c6c5)c5oc6ccccc6c45)cc3)n2)cc1. The Morgan fingerprint density at radius 1 is 0.393 bits per heavy atom. The summed E-state index contributed by atoms with van der Waals surface area (Å²) in [6.07, 6.45) is 1.82. The Kier molecular flexibility index (Phi) is 7.64. The lowest BCUT2D eigenvalue weighted by Gasteiger charge is -2.11. The number of rotatable bonds is 6. The van der Waals surface area contributed by atoms with Crippen LogP contribution >= 0.6 is 11.3 Å². The molecule has 262 valence electrons. The zero-order valence-corrected chi connectivity index (χ0v) is 30.9. The van der Waals surface area contributed by atoms with E-state index in [-0.39, 0.29) is 0 Å². The summed E-state index contributed by atoms with van der Waals surface area (Å²) in [5.74, 6) is 0.673. The second-order valence-electron chi connectivity index (χ2n) is 14.0. The number of benzene rings is 7.